The average Bonchev–Trinajstić information content (AvgIpc) is 2.41. The van der Waals surface area contributed by atoms with Crippen LogP contribution in [0.2, 0.25) is 0 Å². The van der Waals surface area contributed by atoms with Crippen LogP contribution in [0.5, 0.6) is 0 Å². The lowest BCUT2D eigenvalue weighted by molar-refractivity contribution is 0.162. The van der Waals surface area contributed by atoms with Gasteiger partial charge in [0.25, 0.3) is 0 Å². The summed E-state index contributed by atoms with van der Waals surface area (Å²) in [5.74, 6) is 0.868. The Hall–Kier alpha value is -0.130. The highest BCUT2D eigenvalue weighted by molar-refractivity contribution is 14.1. The molecular formula is C16H25IN2. The molecule has 0 unspecified atom stereocenters. The van der Waals surface area contributed by atoms with Crippen molar-refractivity contribution in [2.75, 3.05) is 19.6 Å². The van der Waals surface area contributed by atoms with Gasteiger partial charge in [0.2, 0.25) is 0 Å². The molecule has 1 aliphatic heterocycles. The highest BCUT2D eigenvalue weighted by atomic mass is 127. The molecule has 19 heavy (non-hydrogen) atoms. The zero-order valence-corrected chi connectivity index (χ0v) is 14.2. The summed E-state index contributed by atoms with van der Waals surface area (Å²) in [7, 11) is 0. The Morgan fingerprint density at radius 2 is 1.84 bits per heavy atom. The van der Waals surface area contributed by atoms with E-state index in [4.69, 9.17) is 0 Å². The summed E-state index contributed by atoms with van der Waals surface area (Å²) in [5.41, 5.74) is 1.43. The van der Waals surface area contributed by atoms with E-state index in [0.29, 0.717) is 6.04 Å². The zero-order chi connectivity index (χ0) is 13.7. The van der Waals surface area contributed by atoms with Crippen LogP contribution in [0.1, 0.15) is 32.3 Å². The van der Waals surface area contributed by atoms with Crippen molar-refractivity contribution in [1.82, 2.24) is 10.2 Å². The summed E-state index contributed by atoms with van der Waals surface area (Å²) >= 11 is 2.37. The first kappa shape index (κ1) is 15.3. The molecule has 1 heterocycles. The van der Waals surface area contributed by atoms with Gasteiger partial charge < -0.3 is 5.32 Å². The second-order valence-electron chi connectivity index (χ2n) is 5.84. The van der Waals surface area contributed by atoms with Crippen molar-refractivity contribution >= 4 is 22.6 Å². The van der Waals surface area contributed by atoms with E-state index in [9.17, 15) is 0 Å². The monoisotopic (exact) mass is 372 g/mol. The Morgan fingerprint density at radius 1 is 1.21 bits per heavy atom. The molecule has 1 fully saturated rings. The maximum Gasteiger partial charge on any atom is 0.0236 e. The summed E-state index contributed by atoms with van der Waals surface area (Å²) in [6.07, 6.45) is 2.66. The van der Waals surface area contributed by atoms with E-state index >= 15 is 0 Å². The summed E-state index contributed by atoms with van der Waals surface area (Å²) in [5, 5.41) is 3.45. The van der Waals surface area contributed by atoms with Crippen molar-refractivity contribution in [3.05, 3.63) is 33.4 Å². The quantitative estimate of drug-likeness (QED) is 0.796. The minimum atomic E-state index is 0.620. The van der Waals surface area contributed by atoms with E-state index in [1.165, 1.54) is 41.6 Å². The average molecular weight is 372 g/mol. The number of benzene rings is 1. The van der Waals surface area contributed by atoms with Crippen LogP contribution >= 0.6 is 22.6 Å². The van der Waals surface area contributed by atoms with Gasteiger partial charge in [-0.1, -0.05) is 12.1 Å². The maximum absolute atomic E-state index is 3.45. The first-order valence-electron chi connectivity index (χ1n) is 7.34. The fourth-order valence-electron chi connectivity index (χ4n) is 2.68. The summed E-state index contributed by atoms with van der Waals surface area (Å²) in [6, 6.07) is 9.56. The number of rotatable bonds is 5. The Bertz CT molecular complexity index is 369. The fourth-order valence-corrected chi connectivity index (χ4v) is 3.04. The fraction of sp³-hybridized carbons (Fsp3) is 0.625. The van der Waals surface area contributed by atoms with Crippen LogP contribution in [-0.2, 0) is 6.54 Å². The van der Waals surface area contributed by atoms with E-state index in [0.717, 1.165) is 12.5 Å². The van der Waals surface area contributed by atoms with Gasteiger partial charge in [0.1, 0.15) is 0 Å². The largest absolute Gasteiger partial charge is 0.317 e. The third kappa shape index (κ3) is 5.04. The number of nitrogens with one attached hydrogen (secondary N) is 1. The van der Waals surface area contributed by atoms with Crippen LogP contribution in [-0.4, -0.2) is 30.6 Å². The van der Waals surface area contributed by atoms with Crippen LogP contribution in [0.3, 0.4) is 0 Å². The molecule has 1 N–H and O–H groups in total. The molecule has 1 aromatic rings. The summed E-state index contributed by atoms with van der Waals surface area (Å²) in [4.78, 5) is 2.62. The van der Waals surface area contributed by atoms with Crippen LogP contribution in [0, 0.1) is 9.49 Å². The Kier molecular flexibility index (Phi) is 6.10. The molecule has 0 radical (unpaired) electrons. The number of nitrogens with zero attached hydrogens (tertiary/aromatic N) is 1. The highest BCUT2D eigenvalue weighted by Crippen LogP contribution is 2.18. The molecule has 2 rings (SSSR count). The lowest BCUT2D eigenvalue weighted by Gasteiger charge is -2.32. The van der Waals surface area contributed by atoms with Crippen molar-refractivity contribution in [3.8, 4) is 0 Å². The smallest absolute Gasteiger partial charge is 0.0236 e. The minimum absolute atomic E-state index is 0.620. The number of halogens is 1. The molecule has 3 heteroatoms. The van der Waals surface area contributed by atoms with Crippen molar-refractivity contribution in [2.24, 2.45) is 5.92 Å². The first-order valence-corrected chi connectivity index (χ1v) is 8.42. The maximum atomic E-state index is 3.45. The second kappa shape index (κ2) is 7.60. The molecule has 0 aromatic heterocycles. The van der Waals surface area contributed by atoms with Crippen LogP contribution in [0.15, 0.2) is 24.3 Å². The molecule has 0 spiro atoms. The normalized spacial score (nSPS) is 17.3. The van der Waals surface area contributed by atoms with Gasteiger partial charge in [0.15, 0.2) is 0 Å². The predicted octanol–water partition coefficient (Wildman–Crippen LogP) is 3.50. The van der Waals surface area contributed by atoms with Gasteiger partial charge >= 0.3 is 0 Å². The van der Waals surface area contributed by atoms with E-state index in [-0.39, 0.29) is 0 Å². The van der Waals surface area contributed by atoms with E-state index < -0.39 is 0 Å². The number of hydrogen-bond acceptors (Lipinski definition) is 2. The van der Waals surface area contributed by atoms with E-state index in [1.54, 1.807) is 0 Å². The zero-order valence-electron chi connectivity index (χ0n) is 12.0. The molecule has 0 atom stereocenters. The Morgan fingerprint density at radius 3 is 2.42 bits per heavy atom. The van der Waals surface area contributed by atoms with Gasteiger partial charge in [-0.25, -0.2) is 0 Å². The van der Waals surface area contributed by atoms with Gasteiger partial charge in [-0.2, -0.15) is 0 Å². The molecule has 1 aliphatic rings. The third-order valence-corrected chi connectivity index (χ3v) is 4.70. The predicted molar refractivity (Wildman–Crippen MR) is 90.3 cm³/mol. The second-order valence-corrected chi connectivity index (χ2v) is 7.09. The van der Waals surface area contributed by atoms with Crippen molar-refractivity contribution in [1.29, 1.82) is 0 Å². The number of piperidine rings is 1. The van der Waals surface area contributed by atoms with Crippen LogP contribution in [0.25, 0.3) is 0 Å². The molecule has 1 saturated heterocycles. The van der Waals surface area contributed by atoms with Gasteiger partial charge in [-0.3, -0.25) is 4.90 Å². The molecular weight excluding hydrogens is 347 g/mol. The third-order valence-electron chi connectivity index (χ3n) is 3.98. The van der Waals surface area contributed by atoms with Gasteiger partial charge in [-0.15, -0.1) is 0 Å². The number of hydrogen-bond donors (Lipinski definition) is 1. The molecule has 1 aromatic carbocycles. The standard InChI is InChI=1S/C16H25IN2/c1-13(2)19(12-15-7-9-18-10-8-15)11-14-3-5-16(17)6-4-14/h3-6,13,15,18H,7-12H2,1-2H3. The van der Waals surface area contributed by atoms with Gasteiger partial charge in [0.05, 0.1) is 0 Å². The topological polar surface area (TPSA) is 15.3 Å². The molecule has 0 saturated carbocycles. The van der Waals surface area contributed by atoms with Crippen LogP contribution in [0.4, 0.5) is 0 Å². The SMILES string of the molecule is CC(C)N(Cc1ccc(I)cc1)CC1CCNCC1. The van der Waals surface area contributed by atoms with E-state index in [2.05, 4.69) is 70.9 Å². The lowest BCUT2D eigenvalue weighted by atomic mass is 9.97. The molecule has 2 nitrogen and oxygen atoms in total. The molecule has 0 amide bonds. The Balaban J connectivity index is 1.93. The Labute approximate surface area is 131 Å². The minimum Gasteiger partial charge on any atom is -0.317 e. The summed E-state index contributed by atoms with van der Waals surface area (Å²) in [6.45, 7) is 9.34. The molecule has 106 valence electrons. The van der Waals surface area contributed by atoms with E-state index in [1.807, 2.05) is 0 Å². The summed E-state index contributed by atoms with van der Waals surface area (Å²) < 4.78 is 1.32. The lowest BCUT2D eigenvalue weighted by Crippen LogP contribution is -2.39. The van der Waals surface area contributed by atoms with Crippen LogP contribution < -0.4 is 5.32 Å². The van der Waals surface area contributed by atoms with Crippen molar-refractivity contribution < 1.29 is 0 Å². The van der Waals surface area contributed by atoms with Crippen molar-refractivity contribution in [2.45, 2.75) is 39.3 Å². The first-order chi connectivity index (χ1) is 9.15. The van der Waals surface area contributed by atoms with Crippen molar-refractivity contribution in [3.63, 3.8) is 0 Å². The van der Waals surface area contributed by atoms with Gasteiger partial charge in [0, 0.05) is 22.7 Å². The van der Waals surface area contributed by atoms with Gasteiger partial charge in [-0.05, 0) is 86.0 Å². The molecule has 0 aliphatic carbocycles. The molecule has 0 bridgehead atoms. The highest BCUT2D eigenvalue weighted by Gasteiger charge is 2.18.